The average Bonchev–Trinajstić information content (AvgIpc) is 2.81. The summed E-state index contributed by atoms with van der Waals surface area (Å²) in [5, 5.41) is 2.14. The third-order valence-electron chi connectivity index (χ3n) is 3.16. The Morgan fingerprint density at radius 2 is 1.95 bits per heavy atom. The average molecular weight is 340 g/mol. The quantitative estimate of drug-likeness (QED) is 0.924. The largest absolute Gasteiger partial charge is 0.495 e. The minimum atomic E-state index is -3.75. The highest BCUT2D eigenvalue weighted by Gasteiger charge is 2.24. The summed E-state index contributed by atoms with van der Waals surface area (Å²) in [5.74, 6) is 0.314. The molecule has 0 aliphatic heterocycles. The van der Waals surface area contributed by atoms with Gasteiger partial charge in [0, 0.05) is 5.38 Å². The van der Waals surface area contributed by atoms with E-state index >= 15 is 0 Å². The molecule has 120 valence electrons. The van der Waals surface area contributed by atoms with Crippen LogP contribution in [0.1, 0.15) is 32.0 Å². The van der Waals surface area contributed by atoms with Gasteiger partial charge < -0.3 is 4.74 Å². The van der Waals surface area contributed by atoms with Crippen LogP contribution in [0.2, 0.25) is 0 Å². The number of rotatable bonds is 4. The van der Waals surface area contributed by atoms with Gasteiger partial charge in [0.1, 0.15) is 10.6 Å². The number of aryl methyl sites for hydroxylation is 1. The zero-order valence-corrected chi connectivity index (χ0v) is 14.9. The normalized spacial score (nSPS) is 12.2. The van der Waals surface area contributed by atoms with Crippen molar-refractivity contribution in [1.82, 2.24) is 4.98 Å². The summed E-state index contributed by atoms with van der Waals surface area (Å²) < 4.78 is 33.0. The number of ether oxygens (including phenoxy) is 1. The van der Waals surface area contributed by atoms with Gasteiger partial charge in [0.2, 0.25) is 0 Å². The van der Waals surface area contributed by atoms with Gasteiger partial charge in [-0.05, 0) is 30.0 Å². The second-order valence-electron chi connectivity index (χ2n) is 6.02. The molecule has 0 saturated carbocycles. The van der Waals surface area contributed by atoms with Crippen molar-refractivity contribution in [1.29, 1.82) is 0 Å². The van der Waals surface area contributed by atoms with E-state index in [2.05, 4.69) is 9.71 Å². The molecule has 0 unspecified atom stereocenters. The summed E-state index contributed by atoms with van der Waals surface area (Å²) in [6.07, 6.45) is 0. The van der Waals surface area contributed by atoms with Crippen LogP contribution in [0.5, 0.6) is 5.75 Å². The minimum Gasteiger partial charge on any atom is -0.495 e. The minimum absolute atomic E-state index is 0.121. The zero-order valence-electron chi connectivity index (χ0n) is 13.3. The molecular weight excluding hydrogens is 320 g/mol. The van der Waals surface area contributed by atoms with E-state index in [1.54, 1.807) is 17.5 Å². The summed E-state index contributed by atoms with van der Waals surface area (Å²) >= 11 is 1.25. The molecule has 1 heterocycles. The van der Waals surface area contributed by atoms with Crippen molar-refractivity contribution in [3.63, 3.8) is 0 Å². The Bertz CT molecular complexity index is 774. The number of benzene rings is 1. The lowest BCUT2D eigenvalue weighted by Crippen LogP contribution is -2.17. The Kier molecular flexibility index (Phi) is 4.49. The maximum atomic E-state index is 12.6. The number of hydrogen-bond donors (Lipinski definition) is 1. The molecule has 5 nitrogen and oxygen atoms in total. The number of nitrogens with zero attached hydrogens (tertiary/aromatic N) is 1. The second kappa shape index (κ2) is 5.89. The Hall–Kier alpha value is -1.60. The first kappa shape index (κ1) is 16.8. The number of thiazole rings is 1. The lowest BCUT2D eigenvalue weighted by molar-refractivity contribution is 0.402. The first-order valence-corrected chi connectivity index (χ1v) is 9.13. The molecule has 1 N–H and O–H groups in total. The molecule has 0 bridgehead atoms. The van der Waals surface area contributed by atoms with Crippen LogP contribution in [-0.2, 0) is 15.4 Å². The first-order valence-electron chi connectivity index (χ1n) is 6.77. The maximum Gasteiger partial charge on any atom is 0.267 e. The van der Waals surface area contributed by atoms with Crippen molar-refractivity contribution >= 4 is 26.5 Å². The molecule has 22 heavy (non-hydrogen) atoms. The van der Waals surface area contributed by atoms with Gasteiger partial charge in [-0.25, -0.2) is 13.4 Å². The fraction of sp³-hybridized carbons (Fsp3) is 0.400. The van der Waals surface area contributed by atoms with Crippen molar-refractivity contribution in [2.24, 2.45) is 0 Å². The molecule has 0 radical (unpaired) electrons. The molecule has 1 aromatic carbocycles. The summed E-state index contributed by atoms with van der Waals surface area (Å²) in [6, 6.07) is 5.22. The predicted molar refractivity (Wildman–Crippen MR) is 89.4 cm³/mol. The van der Waals surface area contributed by atoms with Gasteiger partial charge in [0.15, 0.2) is 5.13 Å². The number of aromatic nitrogens is 1. The Balaban J connectivity index is 2.48. The van der Waals surface area contributed by atoms with E-state index in [0.29, 0.717) is 10.9 Å². The number of hydrogen-bond acceptors (Lipinski definition) is 5. The third-order valence-corrected chi connectivity index (χ3v) is 5.52. The van der Waals surface area contributed by atoms with Crippen LogP contribution in [-0.4, -0.2) is 20.5 Å². The lowest BCUT2D eigenvalue weighted by Gasteiger charge is -2.21. The third kappa shape index (κ3) is 3.59. The van der Waals surface area contributed by atoms with Crippen LogP contribution < -0.4 is 9.46 Å². The number of nitrogens with one attached hydrogen (secondary N) is 1. The van der Waals surface area contributed by atoms with E-state index in [0.717, 1.165) is 11.3 Å². The van der Waals surface area contributed by atoms with Gasteiger partial charge in [-0.3, -0.25) is 4.72 Å². The molecule has 0 aliphatic rings. The van der Waals surface area contributed by atoms with Crippen LogP contribution in [0, 0.1) is 6.92 Å². The highest BCUT2D eigenvalue weighted by Crippen LogP contribution is 2.32. The summed E-state index contributed by atoms with van der Waals surface area (Å²) in [7, 11) is -2.30. The van der Waals surface area contributed by atoms with Crippen molar-refractivity contribution in [2.75, 3.05) is 11.8 Å². The Morgan fingerprint density at radius 3 is 2.45 bits per heavy atom. The van der Waals surface area contributed by atoms with Crippen LogP contribution in [0.4, 0.5) is 5.13 Å². The molecule has 0 aliphatic carbocycles. The molecule has 0 spiro atoms. The van der Waals surface area contributed by atoms with E-state index in [1.807, 2.05) is 33.8 Å². The number of anilines is 1. The van der Waals surface area contributed by atoms with Crippen molar-refractivity contribution < 1.29 is 13.2 Å². The van der Waals surface area contributed by atoms with E-state index in [9.17, 15) is 8.42 Å². The van der Waals surface area contributed by atoms with Gasteiger partial charge in [-0.2, -0.15) is 0 Å². The van der Waals surface area contributed by atoms with Crippen LogP contribution in [0.25, 0.3) is 0 Å². The number of sulfonamides is 1. The van der Waals surface area contributed by atoms with Gasteiger partial charge in [-0.15, -0.1) is 11.3 Å². The number of methoxy groups -OCH3 is 1. The Morgan fingerprint density at radius 1 is 1.27 bits per heavy atom. The summed E-state index contributed by atoms with van der Waals surface area (Å²) in [4.78, 5) is 4.26. The highest BCUT2D eigenvalue weighted by atomic mass is 32.2. The van der Waals surface area contributed by atoms with Crippen LogP contribution in [0.15, 0.2) is 28.5 Å². The van der Waals surface area contributed by atoms with Gasteiger partial charge in [-0.1, -0.05) is 26.8 Å². The van der Waals surface area contributed by atoms with E-state index < -0.39 is 10.0 Å². The van der Waals surface area contributed by atoms with E-state index in [1.165, 1.54) is 18.4 Å². The first-order chi connectivity index (χ1) is 10.1. The molecule has 0 saturated heterocycles. The molecule has 0 fully saturated rings. The molecule has 0 atom stereocenters. The van der Waals surface area contributed by atoms with Crippen molar-refractivity contribution in [3.8, 4) is 5.75 Å². The standard InChI is InChI=1S/C15H20N2O3S2/c1-10-9-21-14(16-10)17-22(18,19)13-8-11(15(2,3)4)6-7-12(13)20-5/h6-9H,1-5H3,(H,16,17). The highest BCUT2D eigenvalue weighted by molar-refractivity contribution is 7.93. The van der Waals surface area contributed by atoms with Gasteiger partial charge in [0.25, 0.3) is 10.0 Å². The monoisotopic (exact) mass is 340 g/mol. The van der Waals surface area contributed by atoms with E-state index in [4.69, 9.17) is 4.74 Å². The topological polar surface area (TPSA) is 68.3 Å². The van der Waals surface area contributed by atoms with Crippen molar-refractivity contribution in [2.45, 2.75) is 38.0 Å². The SMILES string of the molecule is COc1ccc(C(C)(C)C)cc1S(=O)(=O)Nc1nc(C)cs1. The fourth-order valence-corrected chi connectivity index (χ4v) is 4.06. The fourth-order valence-electron chi connectivity index (χ4n) is 1.92. The Labute approximate surface area is 135 Å². The van der Waals surface area contributed by atoms with Crippen LogP contribution >= 0.6 is 11.3 Å². The van der Waals surface area contributed by atoms with Gasteiger partial charge >= 0.3 is 0 Å². The maximum absolute atomic E-state index is 12.6. The zero-order chi connectivity index (χ0) is 16.5. The molecule has 0 amide bonds. The molecule has 1 aromatic heterocycles. The molecule has 2 aromatic rings. The molecule has 2 rings (SSSR count). The predicted octanol–water partition coefficient (Wildman–Crippen LogP) is 3.56. The second-order valence-corrected chi connectivity index (χ2v) is 8.52. The summed E-state index contributed by atoms with van der Waals surface area (Å²) in [6.45, 7) is 7.91. The molecule has 7 heteroatoms. The summed E-state index contributed by atoms with van der Waals surface area (Å²) in [5.41, 5.74) is 1.54. The van der Waals surface area contributed by atoms with E-state index in [-0.39, 0.29) is 10.3 Å². The lowest BCUT2D eigenvalue weighted by atomic mass is 9.87. The smallest absolute Gasteiger partial charge is 0.267 e. The molecular formula is C15H20N2O3S2. The van der Waals surface area contributed by atoms with Crippen molar-refractivity contribution in [3.05, 3.63) is 34.8 Å². The van der Waals surface area contributed by atoms with Crippen LogP contribution in [0.3, 0.4) is 0 Å². The van der Waals surface area contributed by atoms with Gasteiger partial charge in [0.05, 0.1) is 12.8 Å².